The molecule has 0 heterocycles. The van der Waals surface area contributed by atoms with Crippen molar-refractivity contribution in [2.75, 3.05) is 0 Å². The predicted octanol–water partition coefficient (Wildman–Crippen LogP) is -0.966. The van der Waals surface area contributed by atoms with E-state index in [1.165, 1.54) is 0 Å². The first-order valence-corrected chi connectivity index (χ1v) is 7.52. The summed E-state index contributed by atoms with van der Waals surface area (Å²) < 4.78 is 0. The fourth-order valence-corrected chi connectivity index (χ4v) is 1.56. The van der Waals surface area contributed by atoms with Crippen molar-refractivity contribution in [2.45, 2.75) is 38.8 Å². The highest BCUT2D eigenvalue weighted by atomic mass is 16.5. The fraction of sp³-hybridized carbons (Fsp3) is 0.467. The normalized spacial score (nSPS) is 12.0. The van der Waals surface area contributed by atoms with Gasteiger partial charge in [-0.05, 0) is 24.3 Å². The number of nitrogens with two attached hydrogens (primary N) is 2. The molecule has 0 aliphatic heterocycles. The van der Waals surface area contributed by atoms with E-state index in [1.807, 2.05) is 44.2 Å². The molecule has 0 spiro atoms. The summed E-state index contributed by atoms with van der Waals surface area (Å²) in [5.41, 5.74) is 11.5. The van der Waals surface area contributed by atoms with E-state index in [4.69, 9.17) is 36.8 Å². The standard InChI is InChI=1S/C9H11NO2.C6H13NO2.BH3O3/c10-8(9(11)12)6-7-4-2-1-3-5-7;1-4(2)3-5(7)6(8)9;2-1(3)4/h1-5,8H,6,10H2,(H,11,12);4-5H,3,7H2,1-2H3,(H,8,9);2-4H. The molecule has 25 heavy (non-hydrogen) atoms. The van der Waals surface area contributed by atoms with Gasteiger partial charge in [-0.1, -0.05) is 44.2 Å². The number of hydrogen-bond acceptors (Lipinski definition) is 7. The van der Waals surface area contributed by atoms with Crippen LogP contribution in [0.3, 0.4) is 0 Å². The smallest absolute Gasteiger partial charge is 0.480 e. The Morgan fingerprint density at radius 1 is 0.960 bits per heavy atom. The summed E-state index contributed by atoms with van der Waals surface area (Å²) in [5.74, 6) is -1.52. The maximum Gasteiger partial charge on any atom is 0.631 e. The number of rotatable bonds is 6. The van der Waals surface area contributed by atoms with E-state index in [2.05, 4.69) is 0 Å². The molecule has 0 aliphatic rings. The van der Waals surface area contributed by atoms with Crippen molar-refractivity contribution in [2.24, 2.45) is 17.4 Å². The quantitative estimate of drug-likeness (QED) is 0.314. The Kier molecular flexibility index (Phi) is 14.5. The third-order valence-corrected chi connectivity index (χ3v) is 2.66. The van der Waals surface area contributed by atoms with Crippen molar-refractivity contribution >= 4 is 19.3 Å². The van der Waals surface area contributed by atoms with E-state index in [0.717, 1.165) is 5.56 Å². The zero-order chi connectivity index (χ0) is 20.0. The number of carbonyl (C=O) groups is 2. The highest BCUT2D eigenvalue weighted by Crippen LogP contribution is 2.02. The number of benzene rings is 1. The van der Waals surface area contributed by atoms with Crippen LogP contribution < -0.4 is 11.5 Å². The van der Waals surface area contributed by atoms with E-state index >= 15 is 0 Å². The first kappa shape index (κ1) is 25.3. The van der Waals surface area contributed by atoms with Gasteiger partial charge in [0.25, 0.3) is 0 Å². The molecule has 0 bridgehead atoms. The summed E-state index contributed by atoms with van der Waals surface area (Å²) in [6.45, 7) is 3.89. The maximum absolute atomic E-state index is 10.4. The molecule has 2 atom stereocenters. The molecular weight excluding hydrogens is 331 g/mol. The van der Waals surface area contributed by atoms with Crippen LogP contribution >= 0.6 is 0 Å². The van der Waals surface area contributed by atoms with E-state index in [0.29, 0.717) is 18.8 Å². The van der Waals surface area contributed by atoms with Crippen LogP contribution in [-0.4, -0.2) is 56.6 Å². The summed E-state index contributed by atoms with van der Waals surface area (Å²) in [6, 6.07) is 7.85. The van der Waals surface area contributed by atoms with Gasteiger partial charge in [-0.25, -0.2) is 0 Å². The molecule has 0 amide bonds. The van der Waals surface area contributed by atoms with Crippen LogP contribution in [0, 0.1) is 5.92 Å². The van der Waals surface area contributed by atoms with Crippen LogP contribution in [0.25, 0.3) is 0 Å². The number of carboxylic acids is 2. The molecule has 10 heteroatoms. The Morgan fingerprint density at radius 2 is 1.36 bits per heavy atom. The van der Waals surface area contributed by atoms with Crippen molar-refractivity contribution < 1.29 is 34.9 Å². The molecule has 142 valence electrons. The van der Waals surface area contributed by atoms with E-state index in [-0.39, 0.29) is 0 Å². The molecule has 9 N–H and O–H groups in total. The zero-order valence-corrected chi connectivity index (χ0v) is 14.3. The minimum absolute atomic E-state index is 0.357. The van der Waals surface area contributed by atoms with Crippen LogP contribution in [0.5, 0.6) is 0 Å². The summed E-state index contributed by atoms with van der Waals surface area (Å²) in [6.07, 6.45) is 0.936. The maximum atomic E-state index is 10.4. The van der Waals surface area contributed by atoms with Gasteiger partial charge in [-0.2, -0.15) is 0 Å². The van der Waals surface area contributed by atoms with E-state index in [1.54, 1.807) is 0 Å². The average molecular weight is 358 g/mol. The van der Waals surface area contributed by atoms with Gasteiger partial charge in [0.05, 0.1) is 0 Å². The van der Waals surface area contributed by atoms with Gasteiger partial charge in [0.1, 0.15) is 12.1 Å². The van der Waals surface area contributed by atoms with Gasteiger partial charge < -0.3 is 36.8 Å². The van der Waals surface area contributed by atoms with Crippen molar-refractivity contribution in [3.05, 3.63) is 35.9 Å². The molecule has 0 aromatic heterocycles. The monoisotopic (exact) mass is 358 g/mol. The third-order valence-electron chi connectivity index (χ3n) is 2.66. The second-order valence-corrected chi connectivity index (χ2v) is 5.56. The van der Waals surface area contributed by atoms with Crippen LogP contribution in [0.1, 0.15) is 25.8 Å². The molecule has 1 aromatic rings. The second-order valence-electron chi connectivity index (χ2n) is 5.56. The largest absolute Gasteiger partial charge is 0.631 e. The fourth-order valence-electron chi connectivity index (χ4n) is 1.56. The molecule has 1 rings (SSSR count). The molecule has 1 aromatic carbocycles. The molecule has 0 radical (unpaired) electrons. The van der Waals surface area contributed by atoms with Crippen molar-refractivity contribution in [3.63, 3.8) is 0 Å². The molecule has 2 unspecified atom stereocenters. The molecule has 0 fully saturated rings. The van der Waals surface area contributed by atoms with Gasteiger partial charge in [-0.3, -0.25) is 9.59 Å². The highest BCUT2D eigenvalue weighted by Gasteiger charge is 2.12. The minimum atomic E-state index is -2.17. The van der Waals surface area contributed by atoms with Crippen molar-refractivity contribution in [1.29, 1.82) is 0 Å². The van der Waals surface area contributed by atoms with E-state index < -0.39 is 31.3 Å². The zero-order valence-electron chi connectivity index (χ0n) is 14.3. The lowest BCUT2D eigenvalue weighted by atomic mass is 10.1. The van der Waals surface area contributed by atoms with Gasteiger partial charge >= 0.3 is 19.3 Å². The predicted molar refractivity (Wildman–Crippen MR) is 93.2 cm³/mol. The number of aliphatic carboxylic acids is 2. The van der Waals surface area contributed by atoms with Gasteiger partial charge in [0.15, 0.2) is 0 Å². The third kappa shape index (κ3) is 18.2. The molecule has 0 aliphatic carbocycles. The average Bonchev–Trinajstić information content (AvgIpc) is 2.47. The van der Waals surface area contributed by atoms with Crippen molar-refractivity contribution in [1.82, 2.24) is 0 Å². The Balaban J connectivity index is 0. The lowest BCUT2D eigenvalue weighted by molar-refractivity contribution is -0.139. The first-order valence-electron chi connectivity index (χ1n) is 7.52. The summed E-state index contributed by atoms with van der Waals surface area (Å²) >= 11 is 0. The summed E-state index contributed by atoms with van der Waals surface area (Å²) in [7, 11) is -2.17. The number of carboxylic acid groups (broad SMARTS) is 2. The molecular formula is C15H27BN2O7. The Hall–Kier alpha value is -1.98. The van der Waals surface area contributed by atoms with Gasteiger partial charge in [0, 0.05) is 0 Å². The SMILES string of the molecule is CC(C)CC(N)C(=O)O.NC(Cc1ccccc1)C(=O)O.OB(O)O. The second kappa shape index (κ2) is 14.4. The summed E-state index contributed by atoms with van der Waals surface area (Å²) in [5, 5.41) is 38.3. The molecule has 0 saturated heterocycles. The van der Waals surface area contributed by atoms with Gasteiger partial charge in [0.2, 0.25) is 0 Å². The van der Waals surface area contributed by atoms with Crippen LogP contribution in [0.2, 0.25) is 0 Å². The minimum Gasteiger partial charge on any atom is -0.480 e. The lowest BCUT2D eigenvalue weighted by Gasteiger charge is -2.07. The molecule has 9 nitrogen and oxygen atoms in total. The Bertz CT molecular complexity index is 483. The van der Waals surface area contributed by atoms with Gasteiger partial charge in [-0.15, -0.1) is 0 Å². The highest BCUT2D eigenvalue weighted by molar-refractivity contribution is 6.30. The Morgan fingerprint density at radius 3 is 1.64 bits per heavy atom. The summed E-state index contributed by atoms with van der Waals surface area (Å²) in [4.78, 5) is 20.5. The van der Waals surface area contributed by atoms with Crippen LogP contribution in [-0.2, 0) is 16.0 Å². The molecule has 0 saturated carbocycles. The number of hydrogen-bond donors (Lipinski definition) is 7. The Labute approximate surface area is 147 Å². The van der Waals surface area contributed by atoms with E-state index in [9.17, 15) is 9.59 Å². The van der Waals surface area contributed by atoms with Crippen molar-refractivity contribution in [3.8, 4) is 0 Å². The van der Waals surface area contributed by atoms with Crippen LogP contribution in [0.15, 0.2) is 30.3 Å². The topological polar surface area (TPSA) is 187 Å². The first-order chi connectivity index (χ1) is 11.5. The lowest BCUT2D eigenvalue weighted by Crippen LogP contribution is -2.32. The van der Waals surface area contributed by atoms with Crippen LogP contribution in [0.4, 0.5) is 0 Å².